The van der Waals surface area contributed by atoms with E-state index in [1.54, 1.807) is 0 Å². The lowest BCUT2D eigenvalue weighted by atomic mass is 10.1. The number of aromatic nitrogens is 2. The number of carboxylic acids is 1. The van der Waals surface area contributed by atoms with Crippen LogP contribution in [0.2, 0.25) is 0 Å². The molecule has 0 bridgehead atoms. The molecule has 0 aliphatic heterocycles. The summed E-state index contributed by atoms with van der Waals surface area (Å²) in [6.45, 7) is 2.64. The molecule has 3 N–H and O–H groups in total. The number of carbonyl (C=O) groups is 3. The van der Waals surface area contributed by atoms with Crippen LogP contribution in [0.1, 0.15) is 19.5 Å². The Morgan fingerprint density at radius 3 is 2.67 bits per heavy atom. The first kappa shape index (κ1) is 14.2. The lowest BCUT2D eigenvalue weighted by Gasteiger charge is -2.12. The molecule has 98 valence electrons. The van der Waals surface area contributed by atoms with Crippen molar-refractivity contribution in [2.45, 2.75) is 31.3 Å². The maximum Gasteiger partial charge on any atom is 0.326 e. The van der Waals surface area contributed by atoms with E-state index in [0.717, 1.165) is 11.8 Å². The molecule has 1 rings (SSSR count). The minimum atomic E-state index is -1.14. The Balaban J connectivity index is 2.80. The first-order chi connectivity index (χ1) is 8.40. The Kier molecular flexibility index (Phi) is 4.90. The van der Waals surface area contributed by atoms with Gasteiger partial charge in [0, 0.05) is 20.3 Å². The summed E-state index contributed by atoms with van der Waals surface area (Å²) < 4.78 is 0. The SMILES string of the molecule is CC(=O)NC(Cc1[nH]cnc1SC(C)=O)C(=O)O. The number of rotatable bonds is 5. The summed E-state index contributed by atoms with van der Waals surface area (Å²) in [7, 11) is 0. The Morgan fingerprint density at radius 1 is 1.50 bits per heavy atom. The van der Waals surface area contributed by atoms with Crippen molar-refractivity contribution in [1.82, 2.24) is 15.3 Å². The first-order valence-electron chi connectivity index (χ1n) is 5.10. The highest BCUT2D eigenvalue weighted by molar-refractivity contribution is 8.13. The van der Waals surface area contributed by atoms with E-state index in [-0.39, 0.29) is 11.5 Å². The van der Waals surface area contributed by atoms with Crippen LogP contribution in [0.4, 0.5) is 0 Å². The molecule has 0 saturated carbocycles. The van der Waals surface area contributed by atoms with E-state index in [1.807, 2.05) is 0 Å². The zero-order chi connectivity index (χ0) is 13.7. The molecule has 1 unspecified atom stereocenters. The second kappa shape index (κ2) is 6.20. The average Bonchev–Trinajstić information content (AvgIpc) is 2.63. The predicted molar refractivity (Wildman–Crippen MR) is 64.1 cm³/mol. The largest absolute Gasteiger partial charge is 0.480 e. The van der Waals surface area contributed by atoms with Crippen LogP contribution in [0.5, 0.6) is 0 Å². The van der Waals surface area contributed by atoms with Crippen LogP contribution in [0.25, 0.3) is 0 Å². The van der Waals surface area contributed by atoms with E-state index in [0.29, 0.717) is 10.7 Å². The molecule has 0 aliphatic carbocycles. The molecular weight excluding hydrogens is 258 g/mol. The summed E-state index contributed by atoms with van der Waals surface area (Å²) in [6.07, 6.45) is 1.43. The van der Waals surface area contributed by atoms with Crippen LogP contribution < -0.4 is 5.32 Å². The van der Waals surface area contributed by atoms with E-state index in [1.165, 1.54) is 20.2 Å². The van der Waals surface area contributed by atoms with Gasteiger partial charge in [0.1, 0.15) is 11.1 Å². The number of aliphatic carboxylic acids is 1. The molecule has 0 aliphatic rings. The number of nitrogens with zero attached hydrogens (tertiary/aromatic N) is 1. The molecule has 1 amide bonds. The van der Waals surface area contributed by atoms with Gasteiger partial charge in [0.2, 0.25) is 5.91 Å². The molecule has 7 nitrogen and oxygen atoms in total. The molecule has 1 heterocycles. The number of carboxylic acid groups (broad SMARTS) is 1. The average molecular weight is 271 g/mol. The summed E-state index contributed by atoms with van der Waals surface area (Å²) in [5.41, 5.74) is 0.511. The van der Waals surface area contributed by atoms with Gasteiger partial charge in [0.25, 0.3) is 0 Å². The molecule has 0 aromatic carbocycles. The van der Waals surface area contributed by atoms with E-state index in [4.69, 9.17) is 5.11 Å². The molecule has 1 aromatic rings. The Hall–Kier alpha value is -1.83. The third kappa shape index (κ3) is 4.21. The third-order valence-corrected chi connectivity index (χ3v) is 2.84. The number of thioether (sulfide) groups is 1. The van der Waals surface area contributed by atoms with Gasteiger partial charge in [-0.25, -0.2) is 9.78 Å². The summed E-state index contributed by atoms with van der Waals surface area (Å²) in [6, 6.07) is -1.05. The van der Waals surface area contributed by atoms with Gasteiger partial charge in [-0.2, -0.15) is 0 Å². The summed E-state index contributed by atoms with van der Waals surface area (Å²) in [5.74, 6) is -1.57. The second-order valence-electron chi connectivity index (χ2n) is 3.58. The zero-order valence-corrected chi connectivity index (χ0v) is 10.7. The van der Waals surface area contributed by atoms with Crippen molar-refractivity contribution in [2.24, 2.45) is 0 Å². The highest BCUT2D eigenvalue weighted by Gasteiger charge is 2.22. The molecule has 0 saturated heterocycles. The maximum atomic E-state index is 11.0. The van der Waals surface area contributed by atoms with E-state index >= 15 is 0 Å². The number of hydrogen-bond acceptors (Lipinski definition) is 5. The van der Waals surface area contributed by atoms with Crippen molar-refractivity contribution in [3.8, 4) is 0 Å². The molecule has 8 heteroatoms. The van der Waals surface area contributed by atoms with Crippen molar-refractivity contribution < 1.29 is 19.5 Å². The highest BCUT2D eigenvalue weighted by atomic mass is 32.2. The lowest BCUT2D eigenvalue weighted by molar-refractivity contribution is -0.141. The first-order valence-corrected chi connectivity index (χ1v) is 5.92. The lowest BCUT2D eigenvalue weighted by Crippen LogP contribution is -2.41. The molecular formula is C10H13N3O4S. The van der Waals surface area contributed by atoms with Gasteiger partial charge in [-0.15, -0.1) is 0 Å². The van der Waals surface area contributed by atoms with Crippen LogP contribution >= 0.6 is 11.8 Å². The van der Waals surface area contributed by atoms with Gasteiger partial charge in [-0.05, 0) is 11.8 Å². The number of hydrogen-bond donors (Lipinski definition) is 3. The van der Waals surface area contributed by atoms with Crippen LogP contribution in [0.3, 0.4) is 0 Å². The topological polar surface area (TPSA) is 112 Å². The monoisotopic (exact) mass is 271 g/mol. The van der Waals surface area contributed by atoms with Crippen molar-refractivity contribution in [3.63, 3.8) is 0 Å². The number of amides is 1. The fourth-order valence-electron chi connectivity index (χ4n) is 1.33. The highest BCUT2D eigenvalue weighted by Crippen LogP contribution is 2.20. The van der Waals surface area contributed by atoms with Crippen LogP contribution in [-0.4, -0.2) is 38.1 Å². The van der Waals surface area contributed by atoms with Crippen molar-refractivity contribution in [2.75, 3.05) is 0 Å². The third-order valence-electron chi connectivity index (χ3n) is 2.00. The molecule has 0 radical (unpaired) electrons. The van der Waals surface area contributed by atoms with Gasteiger partial charge in [0.15, 0.2) is 5.12 Å². The quantitative estimate of drug-likeness (QED) is 0.659. The minimum Gasteiger partial charge on any atom is -0.480 e. The van der Waals surface area contributed by atoms with Gasteiger partial charge < -0.3 is 15.4 Å². The molecule has 0 fully saturated rings. The Labute approximate surface area is 107 Å². The zero-order valence-electron chi connectivity index (χ0n) is 9.89. The van der Waals surface area contributed by atoms with E-state index in [9.17, 15) is 14.4 Å². The number of carbonyl (C=O) groups excluding carboxylic acids is 2. The smallest absolute Gasteiger partial charge is 0.326 e. The molecule has 1 atom stereocenters. The Morgan fingerprint density at radius 2 is 2.17 bits per heavy atom. The van der Waals surface area contributed by atoms with Crippen molar-refractivity contribution in [3.05, 3.63) is 12.0 Å². The van der Waals surface area contributed by atoms with Gasteiger partial charge >= 0.3 is 5.97 Å². The van der Waals surface area contributed by atoms with Gasteiger partial charge in [-0.1, -0.05) is 0 Å². The van der Waals surface area contributed by atoms with Crippen LogP contribution in [-0.2, 0) is 20.8 Å². The van der Waals surface area contributed by atoms with Gasteiger partial charge in [0.05, 0.1) is 12.0 Å². The van der Waals surface area contributed by atoms with Gasteiger partial charge in [-0.3, -0.25) is 9.59 Å². The summed E-state index contributed by atoms with van der Waals surface area (Å²) >= 11 is 0.917. The number of aromatic amines is 1. The molecule has 0 spiro atoms. The number of nitrogens with one attached hydrogen (secondary N) is 2. The summed E-state index contributed by atoms with van der Waals surface area (Å²) in [4.78, 5) is 39.5. The fraction of sp³-hybridized carbons (Fsp3) is 0.400. The minimum absolute atomic E-state index is 0.0462. The Bertz CT molecular complexity index is 471. The maximum absolute atomic E-state index is 11.0. The predicted octanol–water partition coefficient (Wildman–Crippen LogP) is 0.180. The number of H-pyrrole nitrogens is 1. The van der Waals surface area contributed by atoms with E-state index < -0.39 is 17.9 Å². The molecule has 1 aromatic heterocycles. The second-order valence-corrected chi connectivity index (χ2v) is 4.74. The normalized spacial score (nSPS) is 11.9. The fourth-order valence-corrected chi connectivity index (χ4v) is 1.97. The number of imidazole rings is 1. The summed E-state index contributed by atoms with van der Waals surface area (Å²) in [5, 5.41) is 11.6. The standard InChI is InChI=1S/C10H13N3O4S/c1-5(14)13-8(10(16)17)3-7-9(12-4-11-7)18-6(2)15/h4,8H,3H2,1-2H3,(H,11,12)(H,13,14)(H,16,17). The van der Waals surface area contributed by atoms with Crippen molar-refractivity contribution >= 4 is 28.8 Å². The van der Waals surface area contributed by atoms with Crippen LogP contribution in [0, 0.1) is 0 Å². The van der Waals surface area contributed by atoms with Crippen LogP contribution in [0.15, 0.2) is 11.4 Å². The van der Waals surface area contributed by atoms with Crippen molar-refractivity contribution in [1.29, 1.82) is 0 Å². The van der Waals surface area contributed by atoms with E-state index in [2.05, 4.69) is 15.3 Å². The molecule has 18 heavy (non-hydrogen) atoms.